The first-order chi connectivity index (χ1) is 7.18. The van der Waals surface area contributed by atoms with Crippen molar-refractivity contribution in [2.45, 2.75) is 6.92 Å². The van der Waals surface area contributed by atoms with Crippen LogP contribution in [0.15, 0.2) is 46.9 Å². The molecule has 2 aromatic rings. The summed E-state index contributed by atoms with van der Waals surface area (Å²) in [6, 6.07) is 14.1. The van der Waals surface area contributed by atoms with E-state index in [0.717, 1.165) is 15.1 Å². The van der Waals surface area contributed by atoms with E-state index in [1.807, 2.05) is 30.3 Å². The molecule has 15 heavy (non-hydrogen) atoms. The van der Waals surface area contributed by atoms with Crippen molar-refractivity contribution in [2.75, 3.05) is 0 Å². The number of hydrogen-bond donors (Lipinski definition) is 0. The minimum absolute atomic E-state index is 0.790. The molecule has 0 aliphatic heterocycles. The molecule has 0 saturated carbocycles. The number of benzene rings is 2. The molecular weight excluding hydrogens is 272 g/mol. The summed E-state index contributed by atoms with van der Waals surface area (Å²) in [4.78, 5) is 0. The summed E-state index contributed by atoms with van der Waals surface area (Å²) in [6.07, 6.45) is 0. The smallest absolute Gasteiger partial charge is 0.0484 e. The Labute approximate surface area is 103 Å². The van der Waals surface area contributed by atoms with Gasteiger partial charge in [-0.3, -0.25) is 0 Å². The number of halogens is 2. The lowest BCUT2D eigenvalue weighted by Crippen LogP contribution is -1.84. The average molecular weight is 282 g/mol. The molecule has 0 amide bonds. The van der Waals surface area contributed by atoms with E-state index >= 15 is 0 Å². The lowest BCUT2D eigenvalue weighted by molar-refractivity contribution is 1.44. The van der Waals surface area contributed by atoms with Gasteiger partial charge in [-0.25, -0.2) is 0 Å². The van der Waals surface area contributed by atoms with E-state index in [2.05, 4.69) is 35.0 Å². The van der Waals surface area contributed by atoms with Crippen LogP contribution in [0.25, 0.3) is 11.1 Å². The van der Waals surface area contributed by atoms with Crippen LogP contribution in [0.5, 0.6) is 0 Å². The van der Waals surface area contributed by atoms with Crippen molar-refractivity contribution < 1.29 is 0 Å². The average Bonchev–Trinajstić information content (AvgIpc) is 2.23. The first-order valence-electron chi connectivity index (χ1n) is 4.69. The highest BCUT2D eigenvalue weighted by molar-refractivity contribution is 9.10. The van der Waals surface area contributed by atoms with Crippen LogP contribution in [0, 0.1) is 6.92 Å². The first-order valence-corrected chi connectivity index (χ1v) is 5.86. The molecular formula is C13H10BrCl. The van der Waals surface area contributed by atoms with Gasteiger partial charge in [0.1, 0.15) is 0 Å². The van der Waals surface area contributed by atoms with Crippen LogP contribution in [0.1, 0.15) is 5.56 Å². The minimum atomic E-state index is 0.790. The second-order valence-electron chi connectivity index (χ2n) is 3.44. The Morgan fingerprint density at radius 3 is 2.47 bits per heavy atom. The predicted octanol–water partition coefficient (Wildman–Crippen LogP) is 5.08. The van der Waals surface area contributed by atoms with Crippen molar-refractivity contribution in [3.8, 4) is 11.1 Å². The predicted molar refractivity (Wildman–Crippen MR) is 69.3 cm³/mol. The van der Waals surface area contributed by atoms with Gasteiger partial charge in [0.2, 0.25) is 0 Å². The van der Waals surface area contributed by atoms with Crippen LogP contribution in [-0.2, 0) is 0 Å². The van der Waals surface area contributed by atoms with E-state index < -0.39 is 0 Å². The monoisotopic (exact) mass is 280 g/mol. The molecule has 0 nitrogen and oxygen atoms in total. The van der Waals surface area contributed by atoms with E-state index in [4.69, 9.17) is 11.6 Å². The van der Waals surface area contributed by atoms with Gasteiger partial charge in [0.05, 0.1) is 0 Å². The van der Waals surface area contributed by atoms with Crippen molar-refractivity contribution in [2.24, 2.45) is 0 Å². The topological polar surface area (TPSA) is 0 Å². The Morgan fingerprint density at radius 2 is 1.73 bits per heavy atom. The molecule has 0 atom stereocenters. The van der Waals surface area contributed by atoms with Gasteiger partial charge < -0.3 is 0 Å². The molecule has 0 aliphatic rings. The molecule has 2 rings (SSSR count). The van der Waals surface area contributed by atoms with Gasteiger partial charge in [-0.05, 0) is 36.2 Å². The van der Waals surface area contributed by atoms with Crippen molar-refractivity contribution >= 4 is 27.5 Å². The summed E-state index contributed by atoms with van der Waals surface area (Å²) in [5, 5.41) is 0.790. The molecule has 0 bridgehead atoms. The Kier molecular flexibility index (Phi) is 3.13. The Morgan fingerprint density at radius 1 is 1.00 bits per heavy atom. The van der Waals surface area contributed by atoms with Gasteiger partial charge in [-0.1, -0.05) is 51.8 Å². The second-order valence-corrected chi connectivity index (χ2v) is 4.76. The molecule has 0 N–H and O–H groups in total. The minimum Gasteiger partial charge on any atom is -0.0837 e. The highest BCUT2D eigenvalue weighted by atomic mass is 79.9. The van der Waals surface area contributed by atoms with Gasteiger partial charge in [0.15, 0.2) is 0 Å². The highest BCUT2D eigenvalue weighted by Crippen LogP contribution is 2.31. The van der Waals surface area contributed by atoms with E-state index in [0.29, 0.717) is 0 Å². The van der Waals surface area contributed by atoms with E-state index in [-0.39, 0.29) is 0 Å². The summed E-state index contributed by atoms with van der Waals surface area (Å²) in [6.45, 7) is 2.09. The maximum Gasteiger partial charge on any atom is 0.0484 e. The molecule has 0 fully saturated rings. The van der Waals surface area contributed by atoms with Crippen molar-refractivity contribution in [1.29, 1.82) is 0 Å². The zero-order valence-corrected chi connectivity index (χ0v) is 10.6. The van der Waals surface area contributed by atoms with Crippen molar-refractivity contribution in [1.82, 2.24) is 0 Å². The molecule has 0 spiro atoms. The molecule has 2 heteroatoms. The zero-order valence-electron chi connectivity index (χ0n) is 8.30. The number of hydrogen-bond acceptors (Lipinski definition) is 0. The fraction of sp³-hybridized carbons (Fsp3) is 0.0769. The standard InChI is InChI=1S/C13H10BrCl/c1-9-6-7-10(14)8-12(9)11-4-2-3-5-13(11)15/h2-8H,1H3. The van der Waals surface area contributed by atoms with Crippen LogP contribution in [0.2, 0.25) is 5.02 Å². The molecule has 0 unspecified atom stereocenters. The summed E-state index contributed by atoms with van der Waals surface area (Å²) in [7, 11) is 0. The summed E-state index contributed by atoms with van der Waals surface area (Å²) < 4.78 is 1.07. The van der Waals surface area contributed by atoms with Crippen LogP contribution in [-0.4, -0.2) is 0 Å². The van der Waals surface area contributed by atoms with E-state index in [1.165, 1.54) is 11.1 Å². The Balaban J connectivity index is 2.64. The maximum absolute atomic E-state index is 6.17. The van der Waals surface area contributed by atoms with Gasteiger partial charge in [0, 0.05) is 15.1 Å². The molecule has 0 aromatic heterocycles. The van der Waals surface area contributed by atoms with E-state index in [1.54, 1.807) is 0 Å². The Hall–Kier alpha value is -0.790. The molecule has 0 radical (unpaired) electrons. The molecule has 76 valence electrons. The van der Waals surface area contributed by atoms with Crippen LogP contribution in [0.4, 0.5) is 0 Å². The molecule has 0 saturated heterocycles. The molecule has 0 heterocycles. The second kappa shape index (κ2) is 4.38. The third-order valence-electron chi connectivity index (χ3n) is 2.36. The van der Waals surface area contributed by atoms with Crippen LogP contribution < -0.4 is 0 Å². The first kappa shape index (κ1) is 10.7. The number of aryl methyl sites for hydroxylation is 1. The highest BCUT2D eigenvalue weighted by Gasteiger charge is 2.05. The SMILES string of the molecule is Cc1ccc(Br)cc1-c1ccccc1Cl. The number of rotatable bonds is 1. The maximum atomic E-state index is 6.17. The van der Waals surface area contributed by atoms with Gasteiger partial charge in [0.25, 0.3) is 0 Å². The summed E-state index contributed by atoms with van der Waals surface area (Å²) >= 11 is 9.64. The lowest BCUT2D eigenvalue weighted by Gasteiger charge is -2.08. The normalized spacial score (nSPS) is 10.3. The van der Waals surface area contributed by atoms with E-state index in [9.17, 15) is 0 Å². The lowest BCUT2D eigenvalue weighted by atomic mass is 10.0. The van der Waals surface area contributed by atoms with Gasteiger partial charge in [-0.2, -0.15) is 0 Å². The summed E-state index contributed by atoms with van der Waals surface area (Å²) in [5.41, 5.74) is 3.49. The Bertz CT molecular complexity index is 492. The third-order valence-corrected chi connectivity index (χ3v) is 3.19. The van der Waals surface area contributed by atoms with Crippen molar-refractivity contribution in [3.63, 3.8) is 0 Å². The zero-order chi connectivity index (χ0) is 10.8. The van der Waals surface area contributed by atoms with Crippen LogP contribution >= 0.6 is 27.5 Å². The largest absolute Gasteiger partial charge is 0.0837 e. The third kappa shape index (κ3) is 2.24. The summed E-state index contributed by atoms with van der Waals surface area (Å²) in [5.74, 6) is 0. The van der Waals surface area contributed by atoms with Gasteiger partial charge in [-0.15, -0.1) is 0 Å². The van der Waals surface area contributed by atoms with Crippen LogP contribution in [0.3, 0.4) is 0 Å². The molecule has 2 aromatic carbocycles. The quantitative estimate of drug-likeness (QED) is 0.684. The molecule has 0 aliphatic carbocycles. The van der Waals surface area contributed by atoms with Crippen molar-refractivity contribution in [3.05, 3.63) is 57.5 Å². The fourth-order valence-corrected chi connectivity index (χ4v) is 2.16. The fourth-order valence-electron chi connectivity index (χ4n) is 1.56. The van der Waals surface area contributed by atoms with Gasteiger partial charge >= 0.3 is 0 Å².